The molecule has 2 aromatic rings. The van der Waals surface area contributed by atoms with Crippen LogP contribution in [0.2, 0.25) is 0 Å². The van der Waals surface area contributed by atoms with Crippen LogP contribution in [0.3, 0.4) is 0 Å². The van der Waals surface area contributed by atoms with E-state index in [0.717, 1.165) is 29.3 Å². The van der Waals surface area contributed by atoms with Crippen molar-refractivity contribution in [2.45, 2.75) is 34.1 Å². The Bertz CT molecular complexity index is 870. The molecule has 2 nitrogen and oxygen atoms in total. The summed E-state index contributed by atoms with van der Waals surface area (Å²) in [4.78, 5) is 2.33. The molecule has 0 radical (unpaired) electrons. The van der Waals surface area contributed by atoms with E-state index in [9.17, 15) is 0 Å². The highest BCUT2D eigenvalue weighted by Gasteiger charge is 2.33. The van der Waals surface area contributed by atoms with Gasteiger partial charge in [0.25, 0.3) is 0 Å². The van der Waals surface area contributed by atoms with Crippen LogP contribution in [-0.2, 0) is 0 Å². The van der Waals surface area contributed by atoms with Gasteiger partial charge in [-0.2, -0.15) is 0 Å². The number of hydrogen-bond acceptors (Lipinski definition) is 2. The summed E-state index contributed by atoms with van der Waals surface area (Å²) in [6.07, 6.45) is 5.53. The number of allylic oxidation sites excluding steroid dienone is 3. The van der Waals surface area contributed by atoms with Gasteiger partial charge in [-0.1, -0.05) is 51.1 Å². The molecule has 2 heteroatoms. The minimum absolute atomic E-state index is 0.226. The smallest absolute Gasteiger partial charge is 0.151 e. The molecule has 1 aliphatic carbocycles. The van der Waals surface area contributed by atoms with Gasteiger partial charge in [-0.15, -0.1) is 0 Å². The van der Waals surface area contributed by atoms with E-state index < -0.39 is 0 Å². The second-order valence-electron chi connectivity index (χ2n) is 8.09. The predicted octanol–water partition coefficient (Wildman–Crippen LogP) is 6.36. The van der Waals surface area contributed by atoms with Gasteiger partial charge >= 0.3 is 0 Å². The molecule has 0 saturated carbocycles. The van der Waals surface area contributed by atoms with Crippen molar-refractivity contribution >= 4 is 11.4 Å². The number of fused-ring (bicyclic) bond motifs is 1. The van der Waals surface area contributed by atoms with E-state index in [1.54, 1.807) is 0 Å². The summed E-state index contributed by atoms with van der Waals surface area (Å²) >= 11 is 0. The number of anilines is 2. The number of aryl methyl sites for hydroxylation is 1. The summed E-state index contributed by atoms with van der Waals surface area (Å²) in [5.74, 6) is 2.49. The number of para-hydroxylation sites is 2. The monoisotopic (exact) mass is 331 g/mol. The molecule has 2 aliphatic rings. The van der Waals surface area contributed by atoms with E-state index in [1.165, 1.54) is 11.3 Å². The summed E-state index contributed by atoms with van der Waals surface area (Å²) < 4.78 is 6.33. The summed E-state index contributed by atoms with van der Waals surface area (Å²) in [5, 5.41) is 0. The van der Waals surface area contributed by atoms with Gasteiger partial charge < -0.3 is 9.64 Å². The van der Waals surface area contributed by atoms with Crippen LogP contribution in [-0.4, -0.2) is 0 Å². The fourth-order valence-corrected chi connectivity index (χ4v) is 3.60. The molecule has 0 fully saturated rings. The van der Waals surface area contributed by atoms with Crippen molar-refractivity contribution in [3.63, 3.8) is 0 Å². The molecule has 1 atom stereocenters. The molecule has 0 N–H and O–H groups in total. The highest BCUT2D eigenvalue weighted by Crippen LogP contribution is 2.47. The Morgan fingerprint density at radius 3 is 2.60 bits per heavy atom. The van der Waals surface area contributed by atoms with Gasteiger partial charge in [-0.25, -0.2) is 0 Å². The first-order valence-electron chi connectivity index (χ1n) is 8.98. The average Bonchev–Trinajstić information content (AvgIpc) is 2.58. The maximum Gasteiger partial charge on any atom is 0.151 e. The molecule has 0 spiro atoms. The Kier molecular flexibility index (Phi) is 3.72. The molecule has 1 unspecified atom stereocenters. The van der Waals surface area contributed by atoms with Crippen LogP contribution in [0.5, 0.6) is 5.75 Å². The lowest BCUT2D eigenvalue weighted by atomic mass is 9.76. The SMILES string of the molecule is Cc1cccc(N2C3=C(CC(C(C)(C)C)C=C3)Oc3ccccc32)c1. The van der Waals surface area contributed by atoms with Gasteiger partial charge in [0.15, 0.2) is 5.75 Å². The number of benzene rings is 2. The lowest BCUT2D eigenvalue weighted by molar-refractivity contribution is 0.254. The lowest BCUT2D eigenvalue weighted by Crippen LogP contribution is -2.29. The molecule has 2 aromatic carbocycles. The molecule has 0 amide bonds. The van der Waals surface area contributed by atoms with Crippen molar-refractivity contribution in [3.05, 3.63) is 77.7 Å². The van der Waals surface area contributed by atoms with Crippen LogP contribution in [0.15, 0.2) is 72.1 Å². The number of rotatable bonds is 1. The minimum Gasteiger partial charge on any atom is -0.457 e. The van der Waals surface area contributed by atoms with Gasteiger partial charge in [0.05, 0.1) is 11.4 Å². The van der Waals surface area contributed by atoms with Crippen molar-refractivity contribution in [2.24, 2.45) is 11.3 Å². The zero-order chi connectivity index (χ0) is 17.6. The number of nitrogens with zero attached hydrogens (tertiary/aromatic N) is 1. The number of hydrogen-bond donors (Lipinski definition) is 0. The average molecular weight is 331 g/mol. The maximum absolute atomic E-state index is 6.33. The highest BCUT2D eigenvalue weighted by molar-refractivity contribution is 5.77. The first kappa shape index (κ1) is 16.0. The zero-order valence-corrected chi connectivity index (χ0v) is 15.4. The molecule has 1 heterocycles. The Hall–Kier alpha value is -2.48. The van der Waals surface area contributed by atoms with Crippen molar-refractivity contribution < 1.29 is 4.74 Å². The van der Waals surface area contributed by atoms with Gasteiger partial charge in [-0.05, 0) is 54.2 Å². The highest BCUT2D eigenvalue weighted by atomic mass is 16.5. The van der Waals surface area contributed by atoms with Crippen molar-refractivity contribution in [2.75, 3.05) is 4.90 Å². The van der Waals surface area contributed by atoms with E-state index in [1.807, 2.05) is 6.07 Å². The topological polar surface area (TPSA) is 12.5 Å². The lowest BCUT2D eigenvalue weighted by Gasteiger charge is -2.39. The molecule has 0 saturated heterocycles. The van der Waals surface area contributed by atoms with E-state index in [4.69, 9.17) is 4.74 Å². The van der Waals surface area contributed by atoms with Crippen molar-refractivity contribution in [1.29, 1.82) is 0 Å². The summed E-state index contributed by atoms with van der Waals surface area (Å²) in [6.45, 7) is 9.02. The van der Waals surface area contributed by atoms with Crippen LogP contribution in [0.4, 0.5) is 11.4 Å². The molecule has 25 heavy (non-hydrogen) atoms. The Labute approximate surface area is 150 Å². The van der Waals surface area contributed by atoms with Crippen LogP contribution >= 0.6 is 0 Å². The molecule has 128 valence electrons. The van der Waals surface area contributed by atoms with E-state index >= 15 is 0 Å². The van der Waals surface area contributed by atoms with Crippen molar-refractivity contribution in [1.82, 2.24) is 0 Å². The predicted molar refractivity (Wildman–Crippen MR) is 104 cm³/mol. The molecule has 4 rings (SSSR count). The van der Waals surface area contributed by atoms with E-state index in [0.29, 0.717) is 5.92 Å². The fraction of sp³-hybridized carbons (Fsp3) is 0.304. The standard InChI is InChI=1S/C23H25NO/c1-16-8-7-9-18(14-16)24-19-10-5-6-11-21(19)25-22-15-17(23(2,3)4)12-13-20(22)24/h5-14,17H,15H2,1-4H3. The Morgan fingerprint density at radius 1 is 1.04 bits per heavy atom. The van der Waals surface area contributed by atoms with Crippen LogP contribution in [0.25, 0.3) is 0 Å². The number of ether oxygens (including phenoxy) is 1. The third kappa shape index (κ3) is 2.86. The third-order valence-corrected chi connectivity index (χ3v) is 5.13. The fourth-order valence-electron chi connectivity index (χ4n) is 3.60. The minimum atomic E-state index is 0.226. The van der Waals surface area contributed by atoms with E-state index in [2.05, 4.69) is 87.2 Å². The molecule has 0 bridgehead atoms. The third-order valence-electron chi connectivity index (χ3n) is 5.13. The van der Waals surface area contributed by atoms with Gasteiger partial charge in [0.1, 0.15) is 5.76 Å². The second kappa shape index (κ2) is 5.80. The van der Waals surface area contributed by atoms with Crippen LogP contribution in [0.1, 0.15) is 32.8 Å². The zero-order valence-electron chi connectivity index (χ0n) is 15.4. The first-order valence-corrected chi connectivity index (χ1v) is 8.98. The normalized spacial score (nSPS) is 19.4. The summed E-state index contributed by atoms with van der Waals surface area (Å²) in [7, 11) is 0. The van der Waals surface area contributed by atoms with Crippen LogP contribution in [0, 0.1) is 18.3 Å². The maximum atomic E-state index is 6.33. The molecular formula is C23H25NO. The quantitative estimate of drug-likeness (QED) is 0.603. The summed E-state index contributed by atoms with van der Waals surface area (Å²) in [6, 6.07) is 17.0. The van der Waals surface area contributed by atoms with Gasteiger partial charge in [0.2, 0.25) is 0 Å². The molecular weight excluding hydrogens is 306 g/mol. The first-order chi connectivity index (χ1) is 11.9. The van der Waals surface area contributed by atoms with Gasteiger partial charge in [-0.3, -0.25) is 0 Å². The van der Waals surface area contributed by atoms with Gasteiger partial charge in [0, 0.05) is 12.1 Å². The Balaban J connectivity index is 1.83. The second-order valence-corrected chi connectivity index (χ2v) is 8.09. The Morgan fingerprint density at radius 2 is 1.84 bits per heavy atom. The summed E-state index contributed by atoms with van der Waals surface area (Å²) in [5.41, 5.74) is 4.93. The van der Waals surface area contributed by atoms with E-state index in [-0.39, 0.29) is 5.41 Å². The van der Waals surface area contributed by atoms with Crippen LogP contribution < -0.4 is 9.64 Å². The largest absolute Gasteiger partial charge is 0.457 e. The molecule has 0 aromatic heterocycles. The molecule has 1 aliphatic heterocycles. The van der Waals surface area contributed by atoms with Crippen molar-refractivity contribution in [3.8, 4) is 5.75 Å².